The summed E-state index contributed by atoms with van der Waals surface area (Å²) in [7, 11) is 0. The lowest BCUT2D eigenvalue weighted by Gasteiger charge is -1.88. The fraction of sp³-hybridized carbons (Fsp3) is 0.400. The molecule has 3 nitrogen and oxygen atoms in total. The number of rotatable bonds is 1. The molecule has 3 heteroatoms. The fourth-order valence-electron chi connectivity index (χ4n) is 0.503. The molecule has 0 saturated heterocycles. The van der Waals surface area contributed by atoms with Crippen LogP contribution in [-0.4, -0.2) is 6.04 Å². The van der Waals surface area contributed by atoms with E-state index in [1.807, 2.05) is 12.1 Å². The summed E-state index contributed by atoms with van der Waals surface area (Å²) >= 11 is 0. The minimum Gasteiger partial charge on any atom is -0.198 e. The van der Waals surface area contributed by atoms with Crippen molar-refractivity contribution in [2.24, 2.45) is 10.2 Å². The van der Waals surface area contributed by atoms with Gasteiger partial charge in [0.25, 0.3) is 0 Å². The van der Waals surface area contributed by atoms with Gasteiger partial charge in [-0.15, -0.1) is 0 Å². The van der Waals surface area contributed by atoms with E-state index in [0.717, 1.165) is 0 Å². The lowest BCUT2D eigenvalue weighted by Crippen LogP contribution is -1.92. The number of hydrogen-bond donors (Lipinski definition) is 0. The van der Waals surface area contributed by atoms with E-state index < -0.39 is 0 Å². The Morgan fingerprint density at radius 3 is 3.12 bits per heavy atom. The van der Waals surface area contributed by atoms with Crippen LogP contribution in [0.25, 0.3) is 0 Å². The molecule has 0 radical (unpaired) electrons. The van der Waals surface area contributed by atoms with Gasteiger partial charge in [-0.1, -0.05) is 0 Å². The van der Waals surface area contributed by atoms with Gasteiger partial charge in [0, 0.05) is 6.20 Å². The summed E-state index contributed by atoms with van der Waals surface area (Å²) in [5.41, 5.74) is 0. The Labute approximate surface area is 47.3 Å². The largest absolute Gasteiger partial charge is 0.198 e. The Hall–Kier alpha value is -1.17. The van der Waals surface area contributed by atoms with Crippen LogP contribution in [0.5, 0.6) is 0 Å². The minimum absolute atomic E-state index is 0.0278. The Morgan fingerprint density at radius 1 is 1.75 bits per heavy atom. The molecule has 1 heterocycles. The van der Waals surface area contributed by atoms with Gasteiger partial charge in [0.05, 0.1) is 12.5 Å². The molecule has 1 aliphatic rings. The molecule has 0 aromatic rings. The molecule has 0 aliphatic carbocycles. The number of azo groups is 1. The molecule has 8 heavy (non-hydrogen) atoms. The SMILES string of the molecule is N#CCC1C=CN=N1. The lowest BCUT2D eigenvalue weighted by molar-refractivity contribution is 0.822. The molecule has 0 N–H and O–H groups in total. The fourth-order valence-corrected chi connectivity index (χ4v) is 0.503. The molecule has 0 spiro atoms. The van der Waals surface area contributed by atoms with Crippen LogP contribution in [0.3, 0.4) is 0 Å². The highest BCUT2D eigenvalue weighted by atomic mass is 15.1. The average molecular weight is 107 g/mol. The number of nitriles is 1. The van der Waals surface area contributed by atoms with Gasteiger partial charge < -0.3 is 0 Å². The summed E-state index contributed by atoms with van der Waals surface area (Å²) in [5.74, 6) is 0. The highest BCUT2D eigenvalue weighted by Crippen LogP contribution is 2.05. The van der Waals surface area contributed by atoms with Gasteiger partial charge >= 0.3 is 0 Å². The van der Waals surface area contributed by atoms with Gasteiger partial charge in [-0.3, -0.25) is 0 Å². The smallest absolute Gasteiger partial charge is 0.104 e. The zero-order chi connectivity index (χ0) is 5.82. The first-order chi connectivity index (χ1) is 3.93. The quantitative estimate of drug-likeness (QED) is 0.497. The van der Waals surface area contributed by atoms with Crippen molar-refractivity contribution in [2.75, 3.05) is 0 Å². The van der Waals surface area contributed by atoms with E-state index in [1.165, 1.54) is 0 Å². The summed E-state index contributed by atoms with van der Waals surface area (Å²) < 4.78 is 0. The van der Waals surface area contributed by atoms with E-state index >= 15 is 0 Å². The van der Waals surface area contributed by atoms with Crippen molar-refractivity contribution < 1.29 is 0 Å². The second kappa shape index (κ2) is 2.22. The van der Waals surface area contributed by atoms with Crippen LogP contribution in [0.1, 0.15) is 6.42 Å². The van der Waals surface area contributed by atoms with Gasteiger partial charge in [-0.2, -0.15) is 15.5 Å². The van der Waals surface area contributed by atoms with Gasteiger partial charge in [-0.25, -0.2) is 0 Å². The van der Waals surface area contributed by atoms with Crippen LogP contribution in [0.15, 0.2) is 22.5 Å². The van der Waals surface area contributed by atoms with Gasteiger partial charge in [0.15, 0.2) is 0 Å². The zero-order valence-corrected chi connectivity index (χ0v) is 4.28. The van der Waals surface area contributed by atoms with Crippen molar-refractivity contribution in [1.29, 1.82) is 5.26 Å². The summed E-state index contributed by atoms with van der Waals surface area (Å²) in [6, 6.07) is 2.03. The Bertz CT molecular complexity index is 151. The molecule has 1 unspecified atom stereocenters. The summed E-state index contributed by atoms with van der Waals surface area (Å²) in [6.45, 7) is 0. The van der Waals surface area contributed by atoms with Crippen LogP contribution in [-0.2, 0) is 0 Å². The first kappa shape index (κ1) is 4.98. The van der Waals surface area contributed by atoms with Crippen LogP contribution < -0.4 is 0 Å². The Morgan fingerprint density at radius 2 is 2.62 bits per heavy atom. The first-order valence-electron chi connectivity index (χ1n) is 2.37. The average Bonchev–Trinajstić information content (AvgIpc) is 2.19. The third-order valence-electron chi connectivity index (χ3n) is 0.890. The molecular weight excluding hydrogens is 102 g/mol. The van der Waals surface area contributed by atoms with E-state index in [0.29, 0.717) is 6.42 Å². The van der Waals surface area contributed by atoms with Crippen molar-refractivity contribution in [3.63, 3.8) is 0 Å². The highest BCUT2D eigenvalue weighted by molar-refractivity contribution is 5.00. The Balaban J connectivity index is 2.41. The molecule has 40 valence electrons. The predicted octanol–water partition coefficient (Wildman–Crippen LogP) is 1.25. The minimum atomic E-state index is 0.0278. The molecule has 1 atom stereocenters. The van der Waals surface area contributed by atoms with E-state index in [2.05, 4.69) is 10.2 Å². The van der Waals surface area contributed by atoms with Crippen LogP contribution in [0.4, 0.5) is 0 Å². The van der Waals surface area contributed by atoms with Crippen LogP contribution in [0.2, 0.25) is 0 Å². The molecular formula is C5H5N3. The monoisotopic (exact) mass is 107 g/mol. The lowest BCUT2D eigenvalue weighted by atomic mass is 10.2. The molecule has 0 amide bonds. The summed E-state index contributed by atoms with van der Waals surface area (Å²) in [6.07, 6.45) is 3.87. The summed E-state index contributed by atoms with van der Waals surface area (Å²) in [4.78, 5) is 0. The van der Waals surface area contributed by atoms with E-state index in [1.54, 1.807) is 6.20 Å². The van der Waals surface area contributed by atoms with Crippen molar-refractivity contribution in [1.82, 2.24) is 0 Å². The molecule has 1 aliphatic heterocycles. The Kier molecular flexibility index (Phi) is 1.38. The predicted molar refractivity (Wildman–Crippen MR) is 28.0 cm³/mol. The van der Waals surface area contributed by atoms with E-state index in [9.17, 15) is 0 Å². The third kappa shape index (κ3) is 0.909. The van der Waals surface area contributed by atoms with Crippen molar-refractivity contribution >= 4 is 0 Å². The normalized spacial score (nSPS) is 23.6. The van der Waals surface area contributed by atoms with Gasteiger partial charge in [0.1, 0.15) is 6.04 Å². The molecule has 0 aromatic heterocycles. The first-order valence-corrected chi connectivity index (χ1v) is 2.37. The van der Waals surface area contributed by atoms with Gasteiger partial charge in [-0.05, 0) is 6.08 Å². The molecule has 0 aromatic carbocycles. The second-order valence-electron chi connectivity index (χ2n) is 1.50. The van der Waals surface area contributed by atoms with Crippen molar-refractivity contribution in [3.8, 4) is 6.07 Å². The topological polar surface area (TPSA) is 48.5 Å². The zero-order valence-electron chi connectivity index (χ0n) is 4.28. The molecule has 1 rings (SSSR count). The van der Waals surface area contributed by atoms with E-state index in [4.69, 9.17) is 5.26 Å². The van der Waals surface area contributed by atoms with Crippen molar-refractivity contribution in [2.45, 2.75) is 12.5 Å². The molecule has 0 saturated carbocycles. The second-order valence-corrected chi connectivity index (χ2v) is 1.50. The maximum atomic E-state index is 8.14. The highest BCUT2D eigenvalue weighted by Gasteiger charge is 2.02. The maximum absolute atomic E-state index is 8.14. The van der Waals surface area contributed by atoms with Gasteiger partial charge in [0.2, 0.25) is 0 Å². The summed E-state index contributed by atoms with van der Waals surface area (Å²) in [5, 5.41) is 15.4. The molecule has 0 fully saturated rings. The third-order valence-corrected chi connectivity index (χ3v) is 0.890. The molecule has 0 bridgehead atoms. The van der Waals surface area contributed by atoms with Crippen LogP contribution >= 0.6 is 0 Å². The van der Waals surface area contributed by atoms with E-state index in [-0.39, 0.29) is 6.04 Å². The van der Waals surface area contributed by atoms with Crippen molar-refractivity contribution in [3.05, 3.63) is 12.3 Å². The number of hydrogen-bond acceptors (Lipinski definition) is 3. The number of nitrogens with zero attached hydrogens (tertiary/aromatic N) is 3. The van der Waals surface area contributed by atoms with Crippen LogP contribution in [0, 0.1) is 11.3 Å². The standard InChI is InChI=1S/C5H5N3/c6-3-1-5-2-4-7-8-5/h2,4-5H,1H2. The maximum Gasteiger partial charge on any atom is 0.104 e.